The smallest absolute Gasteiger partial charge is 0.257 e. The van der Waals surface area contributed by atoms with Crippen LogP contribution in [-0.2, 0) is 10.2 Å². The molecule has 2 aromatic rings. The van der Waals surface area contributed by atoms with Crippen LogP contribution in [0.5, 0.6) is 17.2 Å². The number of ketones is 1. The number of nitrogens with one attached hydrogen (secondary N) is 1. The van der Waals surface area contributed by atoms with Crippen molar-refractivity contribution in [3.05, 3.63) is 53.6 Å². The summed E-state index contributed by atoms with van der Waals surface area (Å²) in [6.07, 6.45) is 4.81. The van der Waals surface area contributed by atoms with Crippen molar-refractivity contribution < 1.29 is 23.8 Å². The molecule has 0 bridgehead atoms. The molecule has 0 radical (unpaired) electrons. The molecule has 0 unspecified atom stereocenters. The molecule has 31 heavy (non-hydrogen) atoms. The van der Waals surface area contributed by atoms with E-state index in [1.165, 1.54) is 5.56 Å². The molecule has 164 valence electrons. The maximum atomic E-state index is 12.5. The third-order valence-corrected chi connectivity index (χ3v) is 6.21. The Labute approximate surface area is 182 Å². The fourth-order valence-corrected chi connectivity index (χ4v) is 4.40. The van der Waals surface area contributed by atoms with Gasteiger partial charge in [-0.15, -0.1) is 0 Å². The molecule has 0 atom stereocenters. The lowest BCUT2D eigenvalue weighted by Gasteiger charge is -2.31. The van der Waals surface area contributed by atoms with Gasteiger partial charge >= 0.3 is 0 Å². The highest BCUT2D eigenvalue weighted by Crippen LogP contribution is 2.43. The van der Waals surface area contributed by atoms with E-state index in [1.54, 1.807) is 24.3 Å². The first kappa shape index (κ1) is 21.2. The zero-order chi connectivity index (χ0) is 21.7. The van der Waals surface area contributed by atoms with Crippen LogP contribution in [0, 0.1) is 0 Å². The first-order valence-corrected chi connectivity index (χ1v) is 11.0. The zero-order valence-corrected chi connectivity index (χ0v) is 17.9. The van der Waals surface area contributed by atoms with Crippen LogP contribution >= 0.6 is 0 Å². The van der Waals surface area contributed by atoms with Gasteiger partial charge in [0.05, 0.1) is 0 Å². The van der Waals surface area contributed by atoms with Crippen LogP contribution in [0.15, 0.2) is 42.5 Å². The molecule has 0 aromatic heterocycles. The van der Waals surface area contributed by atoms with Crippen molar-refractivity contribution >= 4 is 11.7 Å². The van der Waals surface area contributed by atoms with E-state index in [0.29, 0.717) is 37.5 Å². The standard InChI is InChI=1S/C25H29NO5/c1-2-21(27)18-5-8-20(9-6-18)31-16-24(28)26-17-25(11-3-4-12-25)19-7-10-22-23(15-19)30-14-13-29-22/h5-10,15H,2-4,11-14,16-17H2,1H3,(H,26,28). The Morgan fingerprint density at radius 1 is 1.00 bits per heavy atom. The van der Waals surface area contributed by atoms with Crippen molar-refractivity contribution in [2.45, 2.75) is 44.4 Å². The van der Waals surface area contributed by atoms with E-state index < -0.39 is 0 Å². The summed E-state index contributed by atoms with van der Waals surface area (Å²) < 4.78 is 17.0. The Bertz CT molecular complexity index is 931. The van der Waals surface area contributed by atoms with Crippen LogP contribution < -0.4 is 19.5 Å². The Morgan fingerprint density at radius 3 is 2.42 bits per heavy atom. The molecule has 1 amide bonds. The van der Waals surface area contributed by atoms with Crippen LogP contribution in [-0.4, -0.2) is 38.1 Å². The van der Waals surface area contributed by atoms with E-state index in [1.807, 2.05) is 13.0 Å². The van der Waals surface area contributed by atoms with E-state index >= 15 is 0 Å². The predicted octanol–water partition coefficient (Wildman–Crippen LogP) is 4.06. The number of ether oxygens (including phenoxy) is 3. The molecular weight excluding hydrogens is 394 g/mol. The summed E-state index contributed by atoms with van der Waals surface area (Å²) in [7, 11) is 0. The van der Waals surface area contributed by atoms with E-state index in [9.17, 15) is 9.59 Å². The molecule has 1 aliphatic heterocycles. The number of Topliss-reactive ketones (excluding diaryl/α,β-unsaturated/α-hetero) is 1. The summed E-state index contributed by atoms with van der Waals surface area (Å²) in [5.74, 6) is 2.08. The quantitative estimate of drug-likeness (QED) is 0.648. The van der Waals surface area contributed by atoms with Crippen molar-refractivity contribution in [2.75, 3.05) is 26.4 Å². The monoisotopic (exact) mass is 423 g/mol. The Kier molecular flexibility index (Phi) is 6.44. The second kappa shape index (κ2) is 9.41. The van der Waals surface area contributed by atoms with Gasteiger partial charge in [0.2, 0.25) is 0 Å². The van der Waals surface area contributed by atoms with Crippen molar-refractivity contribution in [1.29, 1.82) is 0 Å². The Hall–Kier alpha value is -3.02. The van der Waals surface area contributed by atoms with Gasteiger partial charge in [-0.2, -0.15) is 0 Å². The van der Waals surface area contributed by atoms with Gasteiger partial charge in [-0.1, -0.05) is 25.8 Å². The maximum Gasteiger partial charge on any atom is 0.257 e. The van der Waals surface area contributed by atoms with Crippen LogP contribution in [0.25, 0.3) is 0 Å². The number of rotatable bonds is 8. The van der Waals surface area contributed by atoms with Gasteiger partial charge in [-0.25, -0.2) is 0 Å². The molecule has 6 nitrogen and oxygen atoms in total. The number of carbonyl (C=O) groups excluding carboxylic acids is 2. The summed E-state index contributed by atoms with van der Waals surface area (Å²) in [6.45, 7) is 3.48. The van der Waals surface area contributed by atoms with Gasteiger partial charge in [0.25, 0.3) is 5.91 Å². The van der Waals surface area contributed by atoms with Gasteiger partial charge in [0, 0.05) is 23.9 Å². The minimum Gasteiger partial charge on any atom is -0.486 e. The minimum atomic E-state index is -0.155. The molecule has 4 rings (SSSR count). The molecular formula is C25H29NO5. The second-order valence-corrected chi connectivity index (χ2v) is 8.21. The van der Waals surface area contributed by atoms with Crippen LogP contribution in [0.1, 0.15) is 54.9 Å². The third kappa shape index (κ3) is 4.84. The molecule has 0 saturated heterocycles. The predicted molar refractivity (Wildman–Crippen MR) is 117 cm³/mol. The third-order valence-electron chi connectivity index (χ3n) is 6.21. The maximum absolute atomic E-state index is 12.5. The fraction of sp³-hybridized carbons (Fsp3) is 0.440. The molecule has 6 heteroatoms. The van der Waals surface area contributed by atoms with Crippen molar-refractivity contribution in [3.8, 4) is 17.2 Å². The van der Waals surface area contributed by atoms with E-state index in [2.05, 4.69) is 17.4 Å². The van der Waals surface area contributed by atoms with Crippen LogP contribution in [0.3, 0.4) is 0 Å². The summed E-state index contributed by atoms with van der Waals surface area (Å²) >= 11 is 0. The largest absolute Gasteiger partial charge is 0.486 e. The van der Waals surface area contributed by atoms with Gasteiger partial charge in [0.1, 0.15) is 19.0 Å². The van der Waals surface area contributed by atoms with Crippen molar-refractivity contribution in [3.63, 3.8) is 0 Å². The molecule has 2 aliphatic rings. The summed E-state index contributed by atoms with van der Waals surface area (Å²) in [4.78, 5) is 24.2. The zero-order valence-electron chi connectivity index (χ0n) is 17.9. The topological polar surface area (TPSA) is 73.9 Å². The van der Waals surface area contributed by atoms with Crippen LogP contribution in [0.2, 0.25) is 0 Å². The lowest BCUT2D eigenvalue weighted by atomic mass is 9.78. The minimum absolute atomic E-state index is 0.0573. The molecule has 1 fully saturated rings. The highest BCUT2D eigenvalue weighted by molar-refractivity contribution is 5.95. The molecule has 1 N–H and O–H groups in total. The number of hydrogen-bond acceptors (Lipinski definition) is 5. The highest BCUT2D eigenvalue weighted by Gasteiger charge is 2.36. The summed E-state index contributed by atoms with van der Waals surface area (Å²) in [5.41, 5.74) is 1.75. The van der Waals surface area contributed by atoms with E-state index in [0.717, 1.165) is 37.2 Å². The van der Waals surface area contributed by atoms with Gasteiger partial charge < -0.3 is 19.5 Å². The first-order chi connectivity index (χ1) is 15.1. The van der Waals surface area contributed by atoms with Gasteiger partial charge in [-0.3, -0.25) is 9.59 Å². The van der Waals surface area contributed by atoms with E-state index in [4.69, 9.17) is 14.2 Å². The van der Waals surface area contributed by atoms with Gasteiger partial charge in [0.15, 0.2) is 23.9 Å². The number of benzene rings is 2. The van der Waals surface area contributed by atoms with Gasteiger partial charge in [-0.05, 0) is 54.8 Å². The average Bonchev–Trinajstić information content (AvgIpc) is 3.31. The van der Waals surface area contributed by atoms with E-state index in [-0.39, 0.29) is 23.7 Å². The molecule has 2 aromatic carbocycles. The molecule has 1 heterocycles. The number of hydrogen-bond donors (Lipinski definition) is 1. The van der Waals surface area contributed by atoms with Crippen molar-refractivity contribution in [1.82, 2.24) is 5.32 Å². The molecule has 0 spiro atoms. The summed E-state index contributed by atoms with van der Waals surface area (Å²) in [5, 5.41) is 3.06. The highest BCUT2D eigenvalue weighted by atomic mass is 16.6. The Balaban J connectivity index is 1.35. The van der Waals surface area contributed by atoms with Crippen LogP contribution in [0.4, 0.5) is 0 Å². The summed E-state index contributed by atoms with van der Waals surface area (Å²) in [6, 6.07) is 13.1. The Morgan fingerprint density at radius 2 is 1.71 bits per heavy atom. The van der Waals surface area contributed by atoms with Crippen molar-refractivity contribution in [2.24, 2.45) is 0 Å². The normalized spacial score (nSPS) is 16.5. The SMILES string of the molecule is CCC(=O)c1ccc(OCC(=O)NCC2(c3ccc4c(c3)OCCO4)CCCC2)cc1. The molecule has 1 saturated carbocycles. The average molecular weight is 424 g/mol. The second-order valence-electron chi connectivity index (χ2n) is 8.21. The number of amides is 1. The number of carbonyl (C=O) groups is 2. The first-order valence-electron chi connectivity index (χ1n) is 11.0. The lowest BCUT2D eigenvalue weighted by Crippen LogP contribution is -2.41. The fourth-order valence-electron chi connectivity index (χ4n) is 4.40. The lowest BCUT2D eigenvalue weighted by molar-refractivity contribution is -0.123. The number of fused-ring (bicyclic) bond motifs is 1. The molecule has 1 aliphatic carbocycles.